The third kappa shape index (κ3) is 2.10. The van der Waals surface area contributed by atoms with Gasteiger partial charge in [-0.1, -0.05) is 13.3 Å². The van der Waals surface area contributed by atoms with E-state index in [2.05, 4.69) is 36.5 Å². The molecule has 0 aliphatic carbocycles. The number of aryl methyl sites for hydroxylation is 1. The van der Waals surface area contributed by atoms with E-state index in [1.807, 2.05) is 6.20 Å². The fourth-order valence-electron chi connectivity index (χ4n) is 1.34. The Morgan fingerprint density at radius 2 is 2.25 bits per heavy atom. The van der Waals surface area contributed by atoms with Crippen molar-refractivity contribution in [1.82, 2.24) is 9.55 Å². The highest BCUT2D eigenvalue weighted by Crippen LogP contribution is 2.10. The third-order valence-corrected chi connectivity index (χ3v) is 2.06. The number of nitrogens with zero attached hydrogens (tertiary/aromatic N) is 2. The maximum atomic E-state index is 4.34. The molecule has 0 saturated heterocycles. The second-order valence-corrected chi connectivity index (χ2v) is 3.45. The van der Waals surface area contributed by atoms with Crippen LogP contribution in [0.1, 0.15) is 45.5 Å². The summed E-state index contributed by atoms with van der Waals surface area (Å²) in [7, 11) is 0. The first-order chi connectivity index (χ1) is 5.75. The summed E-state index contributed by atoms with van der Waals surface area (Å²) in [5.74, 6) is 1.23. The van der Waals surface area contributed by atoms with E-state index in [0.29, 0.717) is 6.04 Å². The van der Waals surface area contributed by atoms with Gasteiger partial charge in [-0.15, -0.1) is 0 Å². The number of hydrogen-bond donors (Lipinski definition) is 0. The molecular formula is C10H18N2. The van der Waals surface area contributed by atoms with Gasteiger partial charge in [-0.05, 0) is 20.3 Å². The summed E-state index contributed by atoms with van der Waals surface area (Å²) in [4.78, 5) is 4.34. The summed E-state index contributed by atoms with van der Waals surface area (Å²) < 4.78 is 2.25. The lowest BCUT2D eigenvalue weighted by Gasteiger charge is -2.10. The Morgan fingerprint density at radius 3 is 2.83 bits per heavy atom. The highest BCUT2D eigenvalue weighted by Gasteiger charge is 2.03. The zero-order chi connectivity index (χ0) is 8.97. The van der Waals surface area contributed by atoms with E-state index >= 15 is 0 Å². The van der Waals surface area contributed by atoms with Gasteiger partial charge in [0.05, 0.1) is 0 Å². The zero-order valence-electron chi connectivity index (χ0n) is 8.25. The molecular weight excluding hydrogens is 148 g/mol. The molecule has 1 aromatic heterocycles. The monoisotopic (exact) mass is 166 g/mol. The molecule has 0 saturated carbocycles. The second-order valence-electron chi connectivity index (χ2n) is 3.45. The van der Waals surface area contributed by atoms with Gasteiger partial charge in [-0.3, -0.25) is 0 Å². The van der Waals surface area contributed by atoms with E-state index in [-0.39, 0.29) is 0 Å². The van der Waals surface area contributed by atoms with Gasteiger partial charge in [0.2, 0.25) is 0 Å². The molecule has 2 heteroatoms. The molecule has 0 radical (unpaired) electrons. The standard InChI is InChI=1S/C10H18N2/c1-4-5-6-10-11-7-8-12(10)9(2)3/h7-9H,4-6H2,1-3H3. The number of hydrogen-bond acceptors (Lipinski definition) is 1. The lowest BCUT2D eigenvalue weighted by Crippen LogP contribution is -2.05. The van der Waals surface area contributed by atoms with Gasteiger partial charge in [0, 0.05) is 24.9 Å². The lowest BCUT2D eigenvalue weighted by atomic mass is 10.2. The van der Waals surface area contributed by atoms with E-state index in [9.17, 15) is 0 Å². The van der Waals surface area contributed by atoms with Crippen LogP contribution in [0, 0.1) is 0 Å². The third-order valence-electron chi connectivity index (χ3n) is 2.06. The first kappa shape index (κ1) is 9.30. The molecule has 0 aliphatic heterocycles. The Morgan fingerprint density at radius 1 is 1.50 bits per heavy atom. The Kier molecular flexibility index (Phi) is 3.32. The van der Waals surface area contributed by atoms with Crippen LogP contribution in [0.15, 0.2) is 12.4 Å². The second kappa shape index (κ2) is 4.29. The average Bonchev–Trinajstić information content (AvgIpc) is 2.48. The summed E-state index contributed by atoms with van der Waals surface area (Å²) in [5.41, 5.74) is 0. The molecule has 0 unspecified atom stereocenters. The fraction of sp³-hybridized carbons (Fsp3) is 0.700. The zero-order valence-corrected chi connectivity index (χ0v) is 8.25. The average molecular weight is 166 g/mol. The molecule has 68 valence electrons. The van der Waals surface area contributed by atoms with Gasteiger partial charge in [-0.2, -0.15) is 0 Å². The van der Waals surface area contributed by atoms with Crippen molar-refractivity contribution < 1.29 is 0 Å². The van der Waals surface area contributed by atoms with Crippen molar-refractivity contribution in [3.63, 3.8) is 0 Å². The van der Waals surface area contributed by atoms with E-state index in [4.69, 9.17) is 0 Å². The van der Waals surface area contributed by atoms with Gasteiger partial charge in [0.1, 0.15) is 5.82 Å². The number of imidazole rings is 1. The summed E-state index contributed by atoms with van der Waals surface area (Å²) in [6.07, 6.45) is 7.55. The van der Waals surface area contributed by atoms with E-state index in [1.165, 1.54) is 18.7 Å². The molecule has 1 aromatic rings. The van der Waals surface area contributed by atoms with Gasteiger partial charge >= 0.3 is 0 Å². The molecule has 0 atom stereocenters. The van der Waals surface area contributed by atoms with Crippen LogP contribution in [0.3, 0.4) is 0 Å². The Bertz CT molecular complexity index is 225. The van der Waals surface area contributed by atoms with E-state index in [0.717, 1.165) is 6.42 Å². The Labute approximate surface area is 74.6 Å². The maximum Gasteiger partial charge on any atom is 0.108 e. The number of unbranched alkanes of at least 4 members (excludes halogenated alkanes) is 1. The van der Waals surface area contributed by atoms with Crippen LogP contribution in [0.4, 0.5) is 0 Å². The molecule has 1 heterocycles. The largest absolute Gasteiger partial charge is 0.332 e. The van der Waals surface area contributed by atoms with Crippen molar-refractivity contribution in [2.24, 2.45) is 0 Å². The van der Waals surface area contributed by atoms with Crippen molar-refractivity contribution in [1.29, 1.82) is 0 Å². The van der Waals surface area contributed by atoms with E-state index in [1.54, 1.807) is 0 Å². The fourth-order valence-corrected chi connectivity index (χ4v) is 1.34. The summed E-state index contributed by atoms with van der Waals surface area (Å²) in [6, 6.07) is 0.541. The van der Waals surface area contributed by atoms with Crippen molar-refractivity contribution in [2.45, 2.75) is 46.1 Å². The maximum absolute atomic E-state index is 4.34. The molecule has 0 spiro atoms. The molecule has 0 aromatic carbocycles. The highest BCUT2D eigenvalue weighted by atomic mass is 15.1. The number of aromatic nitrogens is 2. The van der Waals surface area contributed by atoms with Crippen molar-refractivity contribution >= 4 is 0 Å². The molecule has 12 heavy (non-hydrogen) atoms. The minimum Gasteiger partial charge on any atom is -0.332 e. The van der Waals surface area contributed by atoms with Crippen molar-refractivity contribution in [3.05, 3.63) is 18.2 Å². The minimum absolute atomic E-state index is 0.541. The van der Waals surface area contributed by atoms with Gasteiger partial charge < -0.3 is 4.57 Å². The molecule has 2 nitrogen and oxygen atoms in total. The van der Waals surface area contributed by atoms with Crippen molar-refractivity contribution in [2.75, 3.05) is 0 Å². The Balaban J connectivity index is 2.64. The van der Waals surface area contributed by atoms with Crippen LogP contribution < -0.4 is 0 Å². The predicted molar refractivity (Wildman–Crippen MR) is 51.2 cm³/mol. The Hall–Kier alpha value is -0.790. The SMILES string of the molecule is CCCCc1nccn1C(C)C. The lowest BCUT2D eigenvalue weighted by molar-refractivity contribution is 0.559. The predicted octanol–water partition coefficient (Wildman–Crippen LogP) is 2.81. The summed E-state index contributed by atoms with van der Waals surface area (Å²) >= 11 is 0. The molecule has 0 bridgehead atoms. The number of rotatable bonds is 4. The summed E-state index contributed by atoms with van der Waals surface area (Å²) in [6.45, 7) is 6.59. The minimum atomic E-state index is 0.541. The van der Waals surface area contributed by atoms with Gasteiger partial charge in [-0.25, -0.2) is 4.98 Å². The quantitative estimate of drug-likeness (QED) is 0.672. The molecule has 0 amide bonds. The summed E-state index contributed by atoms with van der Waals surface area (Å²) in [5, 5.41) is 0. The van der Waals surface area contributed by atoms with Crippen LogP contribution in [0.2, 0.25) is 0 Å². The molecule has 1 rings (SSSR count). The molecule has 0 aliphatic rings. The van der Waals surface area contributed by atoms with E-state index < -0.39 is 0 Å². The normalized spacial score (nSPS) is 11.0. The van der Waals surface area contributed by atoms with Gasteiger partial charge in [0.15, 0.2) is 0 Å². The highest BCUT2D eigenvalue weighted by molar-refractivity contribution is 4.94. The van der Waals surface area contributed by atoms with Crippen molar-refractivity contribution in [3.8, 4) is 0 Å². The first-order valence-corrected chi connectivity index (χ1v) is 4.77. The molecule has 0 N–H and O–H groups in total. The van der Waals surface area contributed by atoms with Crippen LogP contribution in [0.5, 0.6) is 0 Å². The molecule has 0 fully saturated rings. The van der Waals surface area contributed by atoms with Crippen LogP contribution in [-0.2, 0) is 6.42 Å². The van der Waals surface area contributed by atoms with Gasteiger partial charge in [0.25, 0.3) is 0 Å². The van der Waals surface area contributed by atoms with Crippen LogP contribution in [-0.4, -0.2) is 9.55 Å². The topological polar surface area (TPSA) is 17.8 Å². The first-order valence-electron chi connectivity index (χ1n) is 4.77. The van der Waals surface area contributed by atoms with Crippen LogP contribution in [0.25, 0.3) is 0 Å². The van der Waals surface area contributed by atoms with Crippen LogP contribution >= 0.6 is 0 Å². The smallest absolute Gasteiger partial charge is 0.108 e.